The van der Waals surface area contributed by atoms with Gasteiger partial charge in [0.25, 0.3) is 0 Å². The number of anilines is 1. The van der Waals surface area contributed by atoms with Gasteiger partial charge in [-0.3, -0.25) is 4.99 Å². The van der Waals surface area contributed by atoms with Crippen LogP contribution in [0.25, 0.3) is 0 Å². The van der Waals surface area contributed by atoms with Crippen molar-refractivity contribution in [1.82, 2.24) is 20.2 Å². The first kappa shape index (κ1) is 23.2. The average molecular weight is 510 g/mol. The molecule has 0 aliphatic carbocycles. The molecule has 1 aromatic carbocycles. The van der Waals surface area contributed by atoms with Crippen LogP contribution >= 0.6 is 24.0 Å². The number of hydrogen-bond donors (Lipinski definition) is 1. The van der Waals surface area contributed by atoms with E-state index < -0.39 is 0 Å². The van der Waals surface area contributed by atoms with Gasteiger partial charge in [0.2, 0.25) is 5.95 Å². The van der Waals surface area contributed by atoms with Gasteiger partial charge in [0, 0.05) is 51.7 Å². The van der Waals surface area contributed by atoms with Crippen molar-refractivity contribution in [3.05, 3.63) is 48.3 Å². The van der Waals surface area contributed by atoms with Gasteiger partial charge in [-0.05, 0) is 43.5 Å². The van der Waals surface area contributed by atoms with Crippen LogP contribution in [0.4, 0.5) is 5.95 Å². The Morgan fingerprint density at radius 1 is 1.14 bits per heavy atom. The van der Waals surface area contributed by atoms with Crippen LogP contribution in [0, 0.1) is 0 Å². The van der Waals surface area contributed by atoms with E-state index in [1.165, 1.54) is 5.56 Å². The molecule has 3 rings (SSSR count). The summed E-state index contributed by atoms with van der Waals surface area (Å²) in [6.45, 7) is 7.43. The molecule has 29 heavy (non-hydrogen) atoms. The lowest BCUT2D eigenvalue weighted by atomic mass is 10.1. The molecule has 8 heteroatoms. The zero-order chi connectivity index (χ0) is 19.6. The van der Waals surface area contributed by atoms with Gasteiger partial charge in [-0.25, -0.2) is 9.97 Å². The summed E-state index contributed by atoms with van der Waals surface area (Å²) in [7, 11) is 1.70. The standard InChI is InChI=1S/C21H30N6O.HI/c1-3-22-20(23-10-5-8-18-7-4-9-19(17-18)28-2)26-13-15-27(16-14-26)21-24-11-6-12-25-21;/h4,6-7,9,11-12,17H,3,5,8,10,13-16H2,1-2H3,(H,22,23);1H. The molecular formula is C21H31IN6O. The quantitative estimate of drug-likeness (QED) is 0.268. The van der Waals surface area contributed by atoms with Gasteiger partial charge in [0.1, 0.15) is 5.75 Å². The molecule has 0 radical (unpaired) electrons. The summed E-state index contributed by atoms with van der Waals surface area (Å²) < 4.78 is 5.29. The van der Waals surface area contributed by atoms with Crippen LogP contribution < -0.4 is 15.0 Å². The summed E-state index contributed by atoms with van der Waals surface area (Å²) in [5.74, 6) is 2.72. The first-order chi connectivity index (χ1) is 13.8. The van der Waals surface area contributed by atoms with E-state index in [1.807, 2.05) is 18.2 Å². The Hall–Kier alpha value is -2.10. The Morgan fingerprint density at radius 3 is 2.59 bits per heavy atom. The number of aliphatic imine (C=N–C) groups is 1. The van der Waals surface area contributed by atoms with E-state index >= 15 is 0 Å². The number of aryl methyl sites for hydroxylation is 1. The number of rotatable bonds is 7. The number of nitrogens with one attached hydrogen (secondary N) is 1. The molecule has 7 nitrogen and oxygen atoms in total. The van der Waals surface area contributed by atoms with Crippen molar-refractivity contribution in [2.45, 2.75) is 19.8 Å². The van der Waals surface area contributed by atoms with E-state index in [4.69, 9.17) is 9.73 Å². The van der Waals surface area contributed by atoms with Crippen molar-refractivity contribution in [3.63, 3.8) is 0 Å². The summed E-state index contributed by atoms with van der Waals surface area (Å²) in [4.78, 5) is 18.1. The maximum Gasteiger partial charge on any atom is 0.225 e. The van der Waals surface area contributed by atoms with Crippen LogP contribution in [0.15, 0.2) is 47.7 Å². The number of hydrogen-bond acceptors (Lipinski definition) is 5. The predicted octanol–water partition coefficient (Wildman–Crippen LogP) is 2.82. The minimum Gasteiger partial charge on any atom is -0.497 e. The Kier molecular flexibility index (Phi) is 9.96. The molecule has 0 saturated carbocycles. The van der Waals surface area contributed by atoms with Crippen LogP contribution in [0.2, 0.25) is 0 Å². The fourth-order valence-corrected chi connectivity index (χ4v) is 3.29. The summed E-state index contributed by atoms with van der Waals surface area (Å²) in [5, 5.41) is 3.43. The number of ether oxygens (including phenoxy) is 1. The first-order valence-corrected chi connectivity index (χ1v) is 9.98. The van der Waals surface area contributed by atoms with Crippen molar-refractivity contribution in [2.24, 2.45) is 4.99 Å². The van der Waals surface area contributed by atoms with Crippen LogP contribution in [0.1, 0.15) is 18.9 Å². The number of guanidine groups is 1. The molecule has 1 N–H and O–H groups in total. The molecule has 1 saturated heterocycles. The maximum absolute atomic E-state index is 5.29. The van der Waals surface area contributed by atoms with E-state index in [2.05, 4.69) is 44.1 Å². The SMILES string of the molecule is CCNC(=NCCCc1cccc(OC)c1)N1CCN(c2ncccn2)CC1.I. The number of aromatic nitrogens is 2. The van der Waals surface area contributed by atoms with Crippen molar-refractivity contribution in [3.8, 4) is 5.75 Å². The molecule has 0 atom stereocenters. The van der Waals surface area contributed by atoms with E-state index in [-0.39, 0.29) is 24.0 Å². The molecule has 158 valence electrons. The number of halogens is 1. The van der Waals surface area contributed by atoms with Crippen LogP contribution in [0.5, 0.6) is 5.75 Å². The summed E-state index contributed by atoms with van der Waals surface area (Å²) in [6.07, 6.45) is 5.60. The minimum atomic E-state index is 0. The third kappa shape index (κ3) is 7.02. The van der Waals surface area contributed by atoms with E-state index in [0.29, 0.717) is 0 Å². The van der Waals surface area contributed by atoms with E-state index in [9.17, 15) is 0 Å². The van der Waals surface area contributed by atoms with Gasteiger partial charge in [-0.15, -0.1) is 24.0 Å². The molecule has 1 aliphatic heterocycles. The molecule has 1 aliphatic rings. The van der Waals surface area contributed by atoms with Crippen LogP contribution in [0.3, 0.4) is 0 Å². The molecule has 1 aromatic heterocycles. The average Bonchev–Trinajstić information content (AvgIpc) is 2.77. The third-order valence-electron chi connectivity index (χ3n) is 4.77. The summed E-state index contributed by atoms with van der Waals surface area (Å²) >= 11 is 0. The van der Waals surface area contributed by atoms with Crippen molar-refractivity contribution >= 4 is 35.9 Å². The highest BCUT2D eigenvalue weighted by Crippen LogP contribution is 2.14. The zero-order valence-electron chi connectivity index (χ0n) is 17.3. The number of benzene rings is 1. The highest BCUT2D eigenvalue weighted by Gasteiger charge is 2.20. The summed E-state index contributed by atoms with van der Waals surface area (Å²) in [5.41, 5.74) is 1.29. The second-order valence-corrected chi connectivity index (χ2v) is 6.71. The predicted molar refractivity (Wildman–Crippen MR) is 129 cm³/mol. The van der Waals surface area contributed by atoms with Crippen molar-refractivity contribution in [1.29, 1.82) is 0 Å². The first-order valence-electron chi connectivity index (χ1n) is 9.98. The fraction of sp³-hybridized carbons (Fsp3) is 0.476. The fourth-order valence-electron chi connectivity index (χ4n) is 3.29. The Balaban J connectivity index is 0.00000300. The van der Waals surface area contributed by atoms with Crippen molar-refractivity contribution < 1.29 is 4.74 Å². The monoisotopic (exact) mass is 510 g/mol. The number of methoxy groups -OCH3 is 1. The second-order valence-electron chi connectivity index (χ2n) is 6.71. The number of nitrogens with zero attached hydrogens (tertiary/aromatic N) is 5. The lowest BCUT2D eigenvalue weighted by molar-refractivity contribution is 0.370. The largest absolute Gasteiger partial charge is 0.497 e. The lowest BCUT2D eigenvalue weighted by Gasteiger charge is -2.36. The molecular weight excluding hydrogens is 479 g/mol. The van der Waals surface area contributed by atoms with Gasteiger partial charge in [-0.2, -0.15) is 0 Å². The third-order valence-corrected chi connectivity index (χ3v) is 4.77. The molecule has 0 amide bonds. The molecule has 2 aromatic rings. The van der Waals surface area contributed by atoms with Gasteiger partial charge >= 0.3 is 0 Å². The minimum absolute atomic E-state index is 0. The molecule has 0 bridgehead atoms. The van der Waals surface area contributed by atoms with Crippen molar-refractivity contribution in [2.75, 3.05) is 51.3 Å². The van der Waals surface area contributed by atoms with E-state index in [0.717, 1.165) is 69.8 Å². The van der Waals surface area contributed by atoms with Gasteiger partial charge in [-0.1, -0.05) is 12.1 Å². The Morgan fingerprint density at radius 2 is 1.90 bits per heavy atom. The normalized spacial score (nSPS) is 14.3. The number of piperazine rings is 1. The zero-order valence-corrected chi connectivity index (χ0v) is 19.6. The Labute approximate surface area is 190 Å². The Bertz CT molecular complexity index is 750. The smallest absolute Gasteiger partial charge is 0.225 e. The topological polar surface area (TPSA) is 65.9 Å². The maximum atomic E-state index is 5.29. The van der Waals surface area contributed by atoms with E-state index in [1.54, 1.807) is 19.5 Å². The lowest BCUT2D eigenvalue weighted by Crippen LogP contribution is -2.53. The van der Waals surface area contributed by atoms with Gasteiger partial charge < -0.3 is 19.9 Å². The molecule has 0 unspecified atom stereocenters. The molecule has 0 spiro atoms. The molecule has 1 fully saturated rings. The van der Waals surface area contributed by atoms with Crippen LogP contribution in [-0.4, -0.2) is 67.2 Å². The van der Waals surface area contributed by atoms with Gasteiger partial charge in [0.05, 0.1) is 7.11 Å². The highest BCUT2D eigenvalue weighted by atomic mass is 127. The van der Waals surface area contributed by atoms with Gasteiger partial charge in [0.15, 0.2) is 5.96 Å². The van der Waals surface area contributed by atoms with Crippen LogP contribution in [-0.2, 0) is 6.42 Å². The summed E-state index contributed by atoms with van der Waals surface area (Å²) in [6, 6.07) is 10.1. The molecule has 2 heterocycles. The second kappa shape index (κ2) is 12.5. The highest BCUT2D eigenvalue weighted by molar-refractivity contribution is 14.0.